The molecule has 2 nitrogen and oxygen atoms in total. The van der Waals surface area contributed by atoms with Crippen molar-refractivity contribution in [3.63, 3.8) is 0 Å². The Hall–Kier alpha value is 0.210. The van der Waals surface area contributed by atoms with Gasteiger partial charge in [-0.3, -0.25) is 4.79 Å². The van der Waals surface area contributed by atoms with Crippen molar-refractivity contribution in [3.05, 3.63) is 11.8 Å². The van der Waals surface area contributed by atoms with E-state index in [0.717, 1.165) is 12.8 Å². The second-order valence-electron chi connectivity index (χ2n) is 2.44. The smallest absolute Gasteiger partial charge is 0.878 e. The minimum absolute atomic E-state index is 0. The summed E-state index contributed by atoms with van der Waals surface area (Å²) in [7, 11) is 0. The third-order valence-corrected chi connectivity index (χ3v) is 1.51. The maximum absolute atomic E-state index is 10.9. The normalized spacial score (nSPS) is 17.9. The van der Waals surface area contributed by atoms with Gasteiger partial charge in [0.25, 0.3) is 0 Å². The van der Waals surface area contributed by atoms with Crippen LogP contribution in [-0.2, 0) is 4.79 Å². The summed E-state index contributed by atoms with van der Waals surface area (Å²) >= 11 is 0. The third kappa shape index (κ3) is 2.45. The fourth-order valence-corrected chi connectivity index (χ4v) is 0.726. The van der Waals surface area contributed by atoms with E-state index in [-0.39, 0.29) is 41.3 Å². The molecule has 0 aliphatic heterocycles. The van der Waals surface area contributed by atoms with Crippen molar-refractivity contribution in [1.29, 1.82) is 0 Å². The molecule has 0 amide bonds. The van der Waals surface area contributed by atoms with Crippen LogP contribution >= 0.6 is 0 Å². The van der Waals surface area contributed by atoms with E-state index in [2.05, 4.69) is 0 Å². The van der Waals surface area contributed by atoms with Gasteiger partial charge in [-0.05, 0) is 25.3 Å². The Kier molecular flexibility index (Phi) is 4.25. The van der Waals surface area contributed by atoms with Crippen LogP contribution in [0, 0.1) is 5.92 Å². The number of allylic oxidation sites excluding steroid dienone is 1. The quantitative estimate of drug-likeness (QED) is 0.242. The largest absolute Gasteiger partial charge is 1.00 e. The maximum Gasteiger partial charge on any atom is 1.00 e. The van der Waals surface area contributed by atoms with Crippen LogP contribution in [0.3, 0.4) is 0 Å². The number of carbonyl (C=O) groups excluding carboxylic acids is 1. The summed E-state index contributed by atoms with van der Waals surface area (Å²) in [4.78, 5) is 10.9. The summed E-state index contributed by atoms with van der Waals surface area (Å²) in [6, 6.07) is 0. The molecule has 1 aliphatic carbocycles. The monoisotopic (exact) mass is 148 g/mol. The summed E-state index contributed by atoms with van der Waals surface area (Å²) in [5.74, 6) is 0.236. The first-order chi connectivity index (χ1) is 4.25. The Labute approximate surface area is 82.6 Å². The van der Waals surface area contributed by atoms with Crippen molar-refractivity contribution in [1.82, 2.24) is 0 Å². The van der Waals surface area contributed by atoms with Gasteiger partial charge < -0.3 is 5.11 Å². The summed E-state index contributed by atoms with van der Waals surface area (Å²) in [5.41, 5.74) is 0.373. The predicted molar refractivity (Wildman–Crippen MR) is 31.5 cm³/mol. The number of hydrogen-bond acceptors (Lipinski definition) is 2. The summed E-state index contributed by atoms with van der Waals surface area (Å²) in [6.07, 6.45) is 2.59. The van der Waals surface area contributed by atoms with Gasteiger partial charge in [0.2, 0.25) is 0 Å². The molecule has 1 rings (SSSR count). The molecule has 0 radical (unpaired) electrons. The molecule has 50 valence electrons. The van der Waals surface area contributed by atoms with Crippen molar-refractivity contribution in [2.75, 3.05) is 0 Å². The van der Waals surface area contributed by atoms with Crippen LogP contribution < -0.4 is 34.7 Å². The molecule has 0 aromatic heterocycles. The van der Waals surface area contributed by atoms with Gasteiger partial charge in [-0.15, -0.1) is 6.26 Å². The van der Waals surface area contributed by atoms with Crippen molar-refractivity contribution in [2.45, 2.75) is 19.8 Å². The van der Waals surface area contributed by atoms with Crippen LogP contribution in [0.25, 0.3) is 0 Å². The Bertz CT molecular complexity index is 159. The number of Topliss-reactive ketones (excluding diaryl/α,β-unsaturated/α-hetero) is 1. The first-order valence-electron chi connectivity index (χ1n) is 3.08. The standard InChI is InChI=1S/C7H10O2.Na/c1-5(4-8)7(9)6-2-3-6;/h4,6,8H,2-3H2,1H3;/q;+1/p-1/b5-4+;. The molecule has 0 bridgehead atoms. The topological polar surface area (TPSA) is 40.1 Å². The van der Waals surface area contributed by atoms with Crippen LogP contribution in [-0.4, -0.2) is 5.78 Å². The average Bonchev–Trinajstić information content (AvgIpc) is 2.66. The first kappa shape index (κ1) is 10.2. The zero-order valence-corrected chi connectivity index (χ0v) is 8.39. The van der Waals surface area contributed by atoms with E-state index < -0.39 is 0 Å². The molecule has 0 saturated heterocycles. The molecule has 1 aliphatic rings. The molecule has 0 spiro atoms. The van der Waals surface area contributed by atoms with Crippen LogP contribution in [0.4, 0.5) is 0 Å². The van der Waals surface area contributed by atoms with Crippen LogP contribution in [0.15, 0.2) is 11.8 Å². The van der Waals surface area contributed by atoms with Gasteiger partial charge in [-0.25, -0.2) is 0 Å². The number of carbonyl (C=O) groups is 1. The van der Waals surface area contributed by atoms with E-state index in [0.29, 0.717) is 11.8 Å². The number of ketones is 1. The Morgan fingerprint density at radius 2 is 2.10 bits per heavy atom. The van der Waals surface area contributed by atoms with Gasteiger partial charge >= 0.3 is 29.6 Å². The first-order valence-corrected chi connectivity index (χ1v) is 3.08. The summed E-state index contributed by atoms with van der Waals surface area (Å²) in [5, 5.41) is 10.0. The van der Waals surface area contributed by atoms with E-state index in [4.69, 9.17) is 0 Å². The van der Waals surface area contributed by atoms with Crippen LogP contribution in [0.2, 0.25) is 0 Å². The molecule has 10 heavy (non-hydrogen) atoms. The SMILES string of the molecule is C/C(=C\[O-])C(=O)C1CC1.[Na+]. The van der Waals surface area contributed by atoms with Gasteiger partial charge in [-0.1, -0.05) is 0 Å². The fraction of sp³-hybridized carbons (Fsp3) is 0.571. The second-order valence-corrected chi connectivity index (χ2v) is 2.44. The van der Waals surface area contributed by atoms with Gasteiger partial charge in [0.15, 0.2) is 5.78 Å². The number of hydrogen-bond donors (Lipinski definition) is 0. The van der Waals surface area contributed by atoms with E-state index in [1.807, 2.05) is 0 Å². The van der Waals surface area contributed by atoms with Crippen LogP contribution in [0.5, 0.6) is 0 Å². The maximum atomic E-state index is 10.9. The van der Waals surface area contributed by atoms with E-state index >= 15 is 0 Å². The predicted octanol–water partition coefficient (Wildman–Crippen LogP) is -2.77. The van der Waals surface area contributed by atoms with Gasteiger partial charge in [0.1, 0.15) is 0 Å². The Morgan fingerprint density at radius 1 is 1.60 bits per heavy atom. The van der Waals surface area contributed by atoms with Crippen molar-refractivity contribution in [3.8, 4) is 0 Å². The molecular formula is C7H9NaO2. The Morgan fingerprint density at radius 3 is 2.40 bits per heavy atom. The zero-order chi connectivity index (χ0) is 6.85. The van der Waals surface area contributed by atoms with E-state index in [9.17, 15) is 9.90 Å². The summed E-state index contributed by atoms with van der Waals surface area (Å²) < 4.78 is 0. The molecule has 0 aromatic rings. The molecule has 0 aromatic carbocycles. The zero-order valence-electron chi connectivity index (χ0n) is 6.39. The molecular weight excluding hydrogens is 139 g/mol. The average molecular weight is 148 g/mol. The molecule has 3 heteroatoms. The van der Waals surface area contributed by atoms with Crippen molar-refractivity contribution in [2.24, 2.45) is 5.92 Å². The third-order valence-electron chi connectivity index (χ3n) is 1.51. The molecule has 1 saturated carbocycles. The molecule has 0 heterocycles. The minimum atomic E-state index is 0. The summed E-state index contributed by atoms with van der Waals surface area (Å²) in [6.45, 7) is 1.58. The molecule has 0 unspecified atom stereocenters. The number of rotatable bonds is 2. The van der Waals surface area contributed by atoms with Gasteiger partial charge in [-0.2, -0.15) is 0 Å². The molecule has 0 N–H and O–H groups in total. The van der Waals surface area contributed by atoms with E-state index in [1.54, 1.807) is 6.92 Å². The van der Waals surface area contributed by atoms with Crippen molar-refractivity contribution >= 4 is 5.78 Å². The Balaban J connectivity index is 0.000000810. The molecule has 1 fully saturated rings. The van der Waals surface area contributed by atoms with E-state index in [1.165, 1.54) is 0 Å². The fourth-order valence-electron chi connectivity index (χ4n) is 0.726. The second kappa shape index (κ2) is 4.16. The van der Waals surface area contributed by atoms with Crippen LogP contribution in [0.1, 0.15) is 19.8 Å². The van der Waals surface area contributed by atoms with Crippen molar-refractivity contribution < 1.29 is 39.5 Å². The van der Waals surface area contributed by atoms with Gasteiger partial charge in [0, 0.05) is 5.92 Å². The van der Waals surface area contributed by atoms with Gasteiger partial charge in [0.05, 0.1) is 0 Å². The minimum Gasteiger partial charge on any atom is -0.878 e. The molecule has 0 atom stereocenters.